The van der Waals surface area contributed by atoms with Crippen LogP contribution in [0.3, 0.4) is 0 Å². The average Bonchev–Trinajstić information content (AvgIpc) is 2.86. The maximum Gasteiger partial charge on any atom is 0.339 e. The van der Waals surface area contributed by atoms with Gasteiger partial charge in [0.1, 0.15) is 10.5 Å². The second-order valence-corrected chi connectivity index (χ2v) is 11.1. The molecule has 12 heteroatoms. The van der Waals surface area contributed by atoms with Gasteiger partial charge < -0.3 is 8.92 Å². The smallest absolute Gasteiger partial charge is 0.339 e. The third-order valence-electron chi connectivity index (χ3n) is 5.38. The minimum atomic E-state index is -4.16. The molecule has 0 bridgehead atoms. The molecule has 0 aromatic heterocycles. The number of barbiturate groups is 1. The number of hydrogen-bond acceptors (Lipinski definition) is 7. The number of benzene rings is 3. The van der Waals surface area contributed by atoms with Crippen LogP contribution in [0.25, 0.3) is 6.08 Å². The van der Waals surface area contributed by atoms with Crippen molar-refractivity contribution >= 4 is 73.9 Å². The van der Waals surface area contributed by atoms with Crippen LogP contribution in [0, 0.1) is 10.5 Å². The number of carbonyl (C=O) groups is 3. The van der Waals surface area contributed by atoms with Crippen molar-refractivity contribution in [2.75, 3.05) is 11.5 Å². The number of urea groups is 1. The van der Waals surface area contributed by atoms with Crippen LogP contribution in [0.15, 0.2) is 71.1 Å². The van der Waals surface area contributed by atoms with Crippen LogP contribution < -0.4 is 19.1 Å². The number of ether oxygens (including phenoxy) is 1. The number of carbonyl (C=O) groups excluding carboxylic acids is 3. The van der Waals surface area contributed by atoms with E-state index in [1.54, 1.807) is 44.2 Å². The van der Waals surface area contributed by atoms with E-state index in [9.17, 15) is 22.8 Å². The maximum atomic E-state index is 13.3. The number of rotatable bonds is 7. The Bertz CT molecular complexity index is 1590. The number of nitrogens with one attached hydrogen (secondary N) is 1. The summed E-state index contributed by atoms with van der Waals surface area (Å²) in [6.07, 6.45) is 1.28. The molecule has 38 heavy (non-hydrogen) atoms. The zero-order chi connectivity index (χ0) is 27.6. The Morgan fingerprint density at radius 1 is 1.05 bits per heavy atom. The molecule has 1 aliphatic rings. The van der Waals surface area contributed by atoms with Crippen molar-refractivity contribution in [3.63, 3.8) is 0 Å². The Kier molecular flexibility index (Phi) is 8.09. The fraction of sp³-hybridized carbons (Fsp3) is 0.115. The summed E-state index contributed by atoms with van der Waals surface area (Å²) in [7, 11) is -4.16. The van der Waals surface area contributed by atoms with Gasteiger partial charge in [0.25, 0.3) is 11.8 Å². The molecule has 196 valence electrons. The number of amides is 4. The molecule has 3 aromatic rings. The lowest BCUT2D eigenvalue weighted by Crippen LogP contribution is -2.54. The van der Waals surface area contributed by atoms with Gasteiger partial charge in [-0.1, -0.05) is 35.9 Å². The molecule has 9 nitrogen and oxygen atoms in total. The lowest BCUT2D eigenvalue weighted by atomic mass is 10.1. The number of nitrogens with zero attached hydrogens (tertiary/aromatic N) is 1. The summed E-state index contributed by atoms with van der Waals surface area (Å²) in [5.74, 6) is -1.68. The summed E-state index contributed by atoms with van der Waals surface area (Å²) in [4.78, 5) is 39.2. The zero-order valence-electron chi connectivity index (χ0n) is 20.0. The van der Waals surface area contributed by atoms with Crippen LogP contribution in [0.2, 0.25) is 5.02 Å². The van der Waals surface area contributed by atoms with Gasteiger partial charge in [-0.05, 0) is 90.0 Å². The van der Waals surface area contributed by atoms with Gasteiger partial charge >= 0.3 is 16.1 Å². The number of hydrogen-bond donors (Lipinski definition) is 1. The highest BCUT2D eigenvalue weighted by Gasteiger charge is 2.37. The fourth-order valence-electron chi connectivity index (χ4n) is 3.54. The summed E-state index contributed by atoms with van der Waals surface area (Å²) in [5.41, 5.74) is 0.977. The minimum absolute atomic E-state index is 0.0325. The second kappa shape index (κ2) is 11.1. The molecular weight excluding hydrogens is 647 g/mol. The van der Waals surface area contributed by atoms with Gasteiger partial charge in [0, 0.05) is 5.02 Å². The molecule has 1 saturated heterocycles. The first-order chi connectivity index (χ1) is 18.0. The van der Waals surface area contributed by atoms with E-state index < -0.39 is 28.0 Å². The Morgan fingerprint density at radius 2 is 1.76 bits per heavy atom. The molecule has 4 amide bonds. The van der Waals surface area contributed by atoms with E-state index >= 15 is 0 Å². The molecule has 0 aliphatic carbocycles. The van der Waals surface area contributed by atoms with Crippen LogP contribution in [0.5, 0.6) is 11.5 Å². The van der Waals surface area contributed by atoms with E-state index in [2.05, 4.69) is 5.32 Å². The van der Waals surface area contributed by atoms with Crippen molar-refractivity contribution in [2.45, 2.75) is 18.7 Å². The molecule has 4 rings (SSSR count). The van der Waals surface area contributed by atoms with Crippen LogP contribution in [0.4, 0.5) is 10.5 Å². The van der Waals surface area contributed by atoms with Gasteiger partial charge in [-0.2, -0.15) is 8.42 Å². The van der Waals surface area contributed by atoms with Gasteiger partial charge in [0.05, 0.1) is 15.9 Å². The van der Waals surface area contributed by atoms with Crippen molar-refractivity contribution in [1.29, 1.82) is 0 Å². The molecule has 0 unspecified atom stereocenters. The van der Waals surface area contributed by atoms with Crippen molar-refractivity contribution in [3.05, 3.63) is 86.0 Å². The van der Waals surface area contributed by atoms with E-state index in [-0.39, 0.29) is 34.3 Å². The largest absolute Gasteiger partial charge is 0.490 e. The Hall–Kier alpha value is -3.42. The van der Waals surface area contributed by atoms with Gasteiger partial charge in [-0.3, -0.25) is 14.9 Å². The van der Waals surface area contributed by atoms with Crippen molar-refractivity contribution in [2.24, 2.45) is 0 Å². The van der Waals surface area contributed by atoms with Gasteiger partial charge in [-0.25, -0.2) is 9.69 Å². The minimum Gasteiger partial charge on any atom is -0.490 e. The summed E-state index contributed by atoms with van der Waals surface area (Å²) in [5, 5.41) is 2.51. The molecule has 1 heterocycles. The Labute approximate surface area is 237 Å². The first-order valence-electron chi connectivity index (χ1n) is 11.2. The summed E-state index contributed by atoms with van der Waals surface area (Å²) >= 11 is 8.04. The fourth-order valence-corrected chi connectivity index (χ4v) is 5.58. The normalized spacial score (nSPS) is 15.0. The lowest BCUT2D eigenvalue weighted by molar-refractivity contribution is -0.122. The van der Waals surface area contributed by atoms with E-state index in [0.717, 1.165) is 10.5 Å². The van der Waals surface area contributed by atoms with Crippen LogP contribution in [-0.2, 0) is 19.7 Å². The number of halogens is 2. The van der Waals surface area contributed by atoms with Gasteiger partial charge in [0.2, 0.25) is 0 Å². The first-order valence-corrected chi connectivity index (χ1v) is 14.0. The summed E-state index contributed by atoms with van der Waals surface area (Å²) in [6.45, 7) is 3.67. The van der Waals surface area contributed by atoms with Gasteiger partial charge in [0.15, 0.2) is 11.5 Å². The molecule has 3 aromatic carbocycles. The second-order valence-electron chi connectivity index (χ2n) is 8.00. The molecule has 0 atom stereocenters. The lowest BCUT2D eigenvalue weighted by Gasteiger charge is -2.26. The van der Waals surface area contributed by atoms with E-state index in [1.807, 2.05) is 22.6 Å². The maximum absolute atomic E-state index is 13.3. The molecule has 0 saturated carbocycles. The molecule has 0 radical (unpaired) electrons. The molecule has 1 aliphatic heterocycles. The van der Waals surface area contributed by atoms with E-state index in [4.69, 9.17) is 20.5 Å². The van der Waals surface area contributed by atoms with Gasteiger partial charge in [-0.15, -0.1) is 0 Å². The molecule has 1 fully saturated rings. The Balaban J connectivity index is 1.73. The molecule has 0 spiro atoms. The van der Waals surface area contributed by atoms with E-state index in [0.29, 0.717) is 14.2 Å². The monoisotopic (exact) mass is 666 g/mol. The number of imide groups is 2. The predicted octanol–water partition coefficient (Wildman–Crippen LogP) is 5.09. The third-order valence-corrected chi connectivity index (χ3v) is 7.83. The average molecular weight is 667 g/mol. The van der Waals surface area contributed by atoms with Crippen molar-refractivity contribution in [3.8, 4) is 11.5 Å². The van der Waals surface area contributed by atoms with E-state index in [1.165, 1.54) is 36.4 Å². The molecule has 1 N–H and O–H groups in total. The number of aryl methyl sites for hydroxylation is 1. The van der Waals surface area contributed by atoms with Crippen LogP contribution in [0.1, 0.15) is 18.1 Å². The molecular formula is C26H20ClIN2O7S. The predicted molar refractivity (Wildman–Crippen MR) is 150 cm³/mol. The van der Waals surface area contributed by atoms with Crippen molar-refractivity contribution < 1.29 is 31.7 Å². The van der Waals surface area contributed by atoms with Crippen LogP contribution in [-0.4, -0.2) is 32.9 Å². The van der Waals surface area contributed by atoms with Crippen LogP contribution >= 0.6 is 34.2 Å². The SMILES string of the molecule is CCOc1cc(/C=C2\C(=O)NC(=O)N(c3ccc(C)c(Cl)c3)C2=O)cc(I)c1OS(=O)(=O)c1ccccc1. The summed E-state index contributed by atoms with van der Waals surface area (Å²) < 4.78 is 37.0. The highest BCUT2D eigenvalue weighted by Crippen LogP contribution is 2.37. The topological polar surface area (TPSA) is 119 Å². The standard InChI is InChI=1S/C26H20ClIN2O7S/c1-3-36-22-13-16(12-21(28)23(22)37-38(34,35)18-7-5-4-6-8-18)11-19-24(31)29-26(33)30(25(19)32)17-10-9-15(2)20(27)14-17/h4-14H,3H2,1-2H3,(H,29,31,33)/b19-11+. The first kappa shape index (κ1) is 27.6. The Morgan fingerprint density at radius 3 is 2.42 bits per heavy atom. The zero-order valence-corrected chi connectivity index (χ0v) is 23.8. The van der Waals surface area contributed by atoms with Crippen molar-refractivity contribution in [1.82, 2.24) is 5.32 Å². The highest BCUT2D eigenvalue weighted by molar-refractivity contribution is 14.1. The summed E-state index contributed by atoms with van der Waals surface area (Å²) in [6, 6.07) is 14.4. The number of anilines is 1. The third kappa shape index (κ3) is 5.69. The highest BCUT2D eigenvalue weighted by atomic mass is 127. The quantitative estimate of drug-likeness (QED) is 0.162.